The van der Waals surface area contributed by atoms with E-state index in [0.29, 0.717) is 5.56 Å². The fraction of sp³-hybridized carbons (Fsp3) is 0.0769. The molecule has 0 heterocycles. The summed E-state index contributed by atoms with van der Waals surface area (Å²) in [6.07, 6.45) is -2.65. The van der Waals surface area contributed by atoms with Crippen LogP contribution >= 0.6 is 34.8 Å². The van der Waals surface area contributed by atoms with Gasteiger partial charge in [-0.15, -0.1) is 0 Å². The van der Waals surface area contributed by atoms with Gasteiger partial charge >= 0.3 is 0 Å². The number of rotatable bonds is 2. The highest BCUT2D eigenvalue weighted by Gasteiger charge is 2.20. The van der Waals surface area contributed by atoms with E-state index in [4.69, 9.17) is 34.8 Å². The molecule has 0 N–H and O–H groups in total. The zero-order valence-corrected chi connectivity index (χ0v) is 11.2. The smallest absolute Gasteiger partial charge is 0.205 e. The monoisotopic (exact) mass is 306 g/mol. The summed E-state index contributed by atoms with van der Waals surface area (Å²) in [6, 6.07) is 9.13. The second kappa shape index (κ2) is 5.43. The highest BCUT2D eigenvalue weighted by molar-refractivity contribution is 6.41. The lowest BCUT2D eigenvalue weighted by atomic mass is 9.99. The van der Waals surface area contributed by atoms with Crippen molar-refractivity contribution in [2.45, 2.75) is 6.43 Å². The van der Waals surface area contributed by atoms with Crippen LogP contribution in [0.15, 0.2) is 36.4 Å². The van der Waals surface area contributed by atoms with E-state index in [1.165, 1.54) is 18.2 Å². The third-order valence-electron chi connectivity index (χ3n) is 2.49. The third-order valence-corrected chi connectivity index (χ3v) is 3.44. The maximum atomic E-state index is 13.0. The Balaban J connectivity index is 2.78. The molecule has 0 aliphatic heterocycles. The van der Waals surface area contributed by atoms with Crippen molar-refractivity contribution < 1.29 is 8.78 Å². The van der Waals surface area contributed by atoms with Crippen molar-refractivity contribution in [1.29, 1.82) is 0 Å². The number of hydrogen-bond donors (Lipinski definition) is 0. The molecule has 0 aromatic heterocycles. The van der Waals surface area contributed by atoms with E-state index >= 15 is 0 Å². The lowest BCUT2D eigenvalue weighted by Crippen LogP contribution is -1.93. The van der Waals surface area contributed by atoms with Crippen LogP contribution in [0.3, 0.4) is 0 Å². The molecule has 0 nitrogen and oxygen atoms in total. The first-order valence-electron chi connectivity index (χ1n) is 5.03. The van der Waals surface area contributed by atoms with Gasteiger partial charge in [-0.3, -0.25) is 0 Å². The SMILES string of the molecule is FC(F)c1cccc(Cl)c1-c1c(Cl)cccc1Cl. The molecule has 0 unspecified atom stereocenters. The number of alkyl halides is 2. The average molecular weight is 308 g/mol. The van der Waals surface area contributed by atoms with E-state index in [-0.39, 0.29) is 26.2 Å². The van der Waals surface area contributed by atoms with Gasteiger partial charge in [-0.1, -0.05) is 53.0 Å². The maximum absolute atomic E-state index is 13.0. The molecule has 0 aliphatic carbocycles. The topological polar surface area (TPSA) is 0 Å². The summed E-state index contributed by atoms with van der Waals surface area (Å²) >= 11 is 18.1. The van der Waals surface area contributed by atoms with Gasteiger partial charge in [-0.2, -0.15) is 0 Å². The van der Waals surface area contributed by atoms with Crippen molar-refractivity contribution in [3.63, 3.8) is 0 Å². The van der Waals surface area contributed by atoms with E-state index < -0.39 is 6.43 Å². The van der Waals surface area contributed by atoms with Gasteiger partial charge in [-0.05, 0) is 18.2 Å². The Labute approximate surface area is 118 Å². The molecule has 2 rings (SSSR count). The second-order valence-corrected chi connectivity index (χ2v) is 4.82. The lowest BCUT2D eigenvalue weighted by molar-refractivity contribution is 0.152. The number of hydrogen-bond acceptors (Lipinski definition) is 0. The van der Waals surface area contributed by atoms with E-state index in [0.717, 1.165) is 0 Å². The first-order chi connectivity index (χ1) is 8.52. The van der Waals surface area contributed by atoms with Crippen LogP contribution in [0, 0.1) is 0 Å². The molecule has 2 aromatic rings. The van der Waals surface area contributed by atoms with E-state index in [1.54, 1.807) is 18.2 Å². The highest BCUT2D eigenvalue weighted by atomic mass is 35.5. The van der Waals surface area contributed by atoms with Crippen LogP contribution in [-0.4, -0.2) is 0 Å². The predicted octanol–water partition coefficient (Wildman–Crippen LogP) is 6.25. The molecule has 0 atom stereocenters. The minimum atomic E-state index is -2.65. The van der Waals surface area contributed by atoms with Gasteiger partial charge in [0, 0.05) is 31.8 Å². The molecular formula is C13H7Cl3F2. The molecule has 2 aromatic carbocycles. The summed E-state index contributed by atoms with van der Waals surface area (Å²) in [5.41, 5.74) is 0.337. The van der Waals surface area contributed by atoms with Crippen LogP contribution in [0.1, 0.15) is 12.0 Å². The Morgan fingerprint density at radius 1 is 0.722 bits per heavy atom. The molecular weight excluding hydrogens is 300 g/mol. The van der Waals surface area contributed by atoms with Crippen LogP contribution in [-0.2, 0) is 0 Å². The molecule has 0 spiro atoms. The largest absolute Gasteiger partial charge is 0.264 e. The van der Waals surface area contributed by atoms with Crippen molar-refractivity contribution in [3.05, 3.63) is 57.0 Å². The lowest BCUT2D eigenvalue weighted by Gasteiger charge is -2.13. The van der Waals surface area contributed by atoms with Gasteiger partial charge < -0.3 is 0 Å². The Bertz CT molecular complexity index is 562. The van der Waals surface area contributed by atoms with Crippen LogP contribution in [0.25, 0.3) is 11.1 Å². The Morgan fingerprint density at radius 3 is 1.67 bits per heavy atom. The van der Waals surface area contributed by atoms with Crippen molar-refractivity contribution in [3.8, 4) is 11.1 Å². The first kappa shape index (κ1) is 13.6. The zero-order valence-electron chi connectivity index (χ0n) is 8.93. The fourth-order valence-corrected chi connectivity index (χ4v) is 2.59. The standard InChI is InChI=1S/C13H7Cl3F2/c14-8-4-1-3-7(13(17)18)11(8)12-9(15)5-2-6-10(12)16/h1-6,13H. The summed E-state index contributed by atoms with van der Waals surface area (Å²) in [6.45, 7) is 0. The fourth-order valence-electron chi connectivity index (χ4n) is 1.72. The molecule has 0 bridgehead atoms. The summed E-state index contributed by atoms with van der Waals surface area (Å²) < 4.78 is 26.0. The van der Waals surface area contributed by atoms with Gasteiger partial charge in [-0.25, -0.2) is 8.78 Å². The van der Waals surface area contributed by atoms with Gasteiger partial charge in [0.1, 0.15) is 0 Å². The molecule has 5 heteroatoms. The van der Waals surface area contributed by atoms with Crippen LogP contribution < -0.4 is 0 Å². The molecule has 18 heavy (non-hydrogen) atoms. The normalized spacial score (nSPS) is 11.0. The number of halogens is 5. The second-order valence-electron chi connectivity index (χ2n) is 3.60. The van der Waals surface area contributed by atoms with Gasteiger partial charge in [0.25, 0.3) is 6.43 Å². The van der Waals surface area contributed by atoms with Crippen LogP contribution in [0.5, 0.6) is 0 Å². The summed E-state index contributed by atoms with van der Waals surface area (Å²) in [5, 5.41) is 0.776. The van der Waals surface area contributed by atoms with Crippen LogP contribution in [0.2, 0.25) is 15.1 Å². The van der Waals surface area contributed by atoms with E-state index in [2.05, 4.69) is 0 Å². The molecule has 0 saturated carbocycles. The van der Waals surface area contributed by atoms with Crippen molar-refractivity contribution in [2.75, 3.05) is 0 Å². The van der Waals surface area contributed by atoms with Gasteiger partial charge in [0.15, 0.2) is 0 Å². The Kier molecular flexibility index (Phi) is 4.10. The van der Waals surface area contributed by atoms with E-state index in [1.807, 2.05) is 0 Å². The maximum Gasteiger partial charge on any atom is 0.264 e. The Morgan fingerprint density at radius 2 is 1.17 bits per heavy atom. The summed E-state index contributed by atoms with van der Waals surface area (Å²) in [5.74, 6) is 0. The molecule has 0 saturated heterocycles. The van der Waals surface area contributed by atoms with Crippen molar-refractivity contribution in [2.24, 2.45) is 0 Å². The average Bonchev–Trinajstić information content (AvgIpc) is 2.30. The predicted molar refractivity (Wildman–Crippen MR) is 71.9 cm³/mol. The molecule has 0 aliphatic rings. The quantitative estimate of drug-likeness (QED) is 0.615. The van der Waals surface area contributed by atoms with E-state index in [9.17, 15) is 8.78 Å². The highest BCUT2D eigenvalue weighted by Crippen LogP contribution is 2.43. The van der Waals surface area contributed by atoms with Gasteiger partial charge in [0.05, 0.1) is 0 Å². The zero-order chi connectivity index (χ0) is 13.3. The Hall–Kier alpha value is -0.830. The molecule has 94 valence electrons. The molecule has 0 fully saturated rings. The van der Waals surface area contributed by atoms with Crippen molar-refractivity contribution >= 4 is 34.8 Å². The summed E-state index contributed by atoms with van der Waals surface area (Å²) in [4.78, 5) is 0. The molecule has 0 amide bonds. The van der Waals surface area contributed by atoms with Crippen molar-refractivity contribution in [1.82, 2.24) is 0 Å². The third kappa shape index (κ3) is 2.46. The summed E-state index contributed by atoms with van der Waals surface area (Å²) in [7, 11) is 0. The first-order valence-corrected chi connectivity index (χ1v) is 6.16. The minimum Gasteiger partial charge on any atom is -0.205 e. The van der Waals surface area contributed by atoms with Crippen LogP contribution in [0.4, 0.5) is 8.78 Å². The minimum absolute atomic E-state index is 0.183. The molecule has 0 radical (unpaired) electrons. The van der Waals surface area contributed by atoms with Gasteiger partial charge in [0.2, 0.25) is 0 Å². The number of benzene rings is 2.